The van der Waals surface area contributed by atoms with Crippen LogP contribution in [0, 0.1) is 0 Å². The molecule has 0 radical (unpaired) electrons. The molecule has 0 saturated heterocycles. The summed E-state index contributed by atoms with van der Waals surface area (Å²) in [5.74, 6) is 0.394. The van der Waals surface area contributed by atoms with E-state index in [0.717, 1.165) is 22.0 Å². The Hall–Kier alpha value is -2.39. The Morgan fingerprint density at radius 2 is 1.86 bits per heavy atom. The van der Waals surface area contributed by atoms with E-state index in [4.69, 9.17) is 11.6 Å². The van der Waals surface area contributed by atoms with Gasteiger partial charge in [-0.05, 0) is 35.4 Å². The molecule has 104 valence electrons. The summed E-state index contributed by atoms with van der Waals surface area (Å²) in [6, 6.07) is 17.4. The lowest BCUT2D eigenvalue weighted by atomic mass is 10.0. The smallest absolute Gasteiger partial charge is 0.222 e. The van der Waals surface area contributed by atoms with Crippen LogP contribution < -0.4 is 5.32 Å². The fourth-order valence-corrected chi connectivity index (χ4v) is 2.47. The summed E-state index contributed by atoms with van der Waals surface area (Å²) in [4.78, 5) is 15.7. The number of pyridine rings is 1. The van der Waals surface area contributed by atoms with E-state index in [-0.39, 0.29) is 5.91 Å². The molecule has 1 heterocycles. The van der Waals surface area contributed by atoms with Gasteiger partial charge in [-0.1, -0.05) is 41.9 Å². The van der Waals surface area contributed by atoms with Gasteiger partial charge >= 0.3 is 0 Å². The van der Waals surface area contributed by atoms with Crippen LogP contribution in [0.1, 0.15) is 6.92 Å². The minimum atomic E-state index is -0.144. The van der Waals surface area contributed by atoms with Crippen LogP contribution in [-0.2, 0) is 4.79 Å². The Morgan fingerprint density at radius 3 is 2.57 bits per heavy atom. The Labute approximate surface area is 127 Å². The fourth-order valence-electron chi connectivity index (χ4n) is 2.30. The monoisotopic (exact) mass is 296 g/mol. The number of anilines is 1. The molecule has 3 rings (SSSR count). The number of nitrogens with one attached hydrogen (secondary N) is 1. The molecule has 1 N–H and O–H groups in total. The van der Waals surface area contributed by atoms with Crippen molar-refractivity contribution in [2.24, 2.45) is 0 Å². The number of amides is 1. The molecule has 21 heavy (non-hydrogen) atoms. The summed E-state index contributed by atoms with van der Waals surface area (Å²) < 4.78 is 0. The first-order valence-corrected chi connectivity index (χ1v) is 6.94. The van der Waals surface area contributed by atoms with Gasteiger partial charge < -0.3 is 5.32 Å². The van der Waals surface area contributed by atoms with Gasteiger partial charge in [0, 0.05) is 17.3 Å². The summed E-state index contributed by atoms with van der Waals surface area (Å²) in [5.41, 5.74) is 2.84. The van der Waals surface area contributed by atoms with Crippen LogP contribution in [-0.4, -0.2) is 10.9 Å². The Bertz CT molecular complexity index is 816. The lowest BCUT2D eigenvalue weighted by Crippen LogP contribution is -2.07. The highest BCUT2D eigenvalue weighted by Crippen LogP contribution is 2.31. The summed E-state index contributed by atoms with van der Waals surface area (Å²) in [7, 11) is 0. The third-order valence-electron chi connectivity index (χ3n) is 3.16. The average Bonchev–Trinajstić information content (AvgIpc) is 2.47. The first kappa shape index (κ1) is 13.6. The van der Waals surface area contributed by atoms with Crippen molar-refractivity contribution in [2.45, 2.75) is 6.92 Å². The van der Waals surface area contributed by atoms with Gasteiger partial charge in [0.2, 0.25) is 5.91 Å². The Morgan fingerprint density at radius 1 is 1.10 bits per heavy atom. The zero-order chi connectivity index (χ0) is 14.8. The maximum atomic E-state index is 11.3. The van der Waals surface area contributed by atoms with Gasteiger partial charge in [0.05, 0.1) is 5.52 Å². The molecule has 1 aromatic heterocycles. The highest BCUT2D eigenvalue weighted by molar-refractivity contribution is 6.31. The first-order valence-electron chi connectivity index (χ1n) is 6.57. The molecule has 2 aromatic carbocycles. The van der Waals surface area contributed by atoms with Gasteiger partial charge in [-0.3, -0.25) is 4.79 Å². The summed E-state index contributed by atoms with van der Waals surface area (Å²) >= 11 is 6.10. The van der Waals surface area contributed by atoms with Crippen LogP contribution >= 0.6 is 11.6 Å². The highest BCUT2D eigenvalue weighted by Gasteiger charge is 2.09. The summed E-state index contributed by atoms with van der Waals surface area (Å²) in [6.45, 7) is 1.47. The minimum Gasteiger partial charge on any atom is -0.311 e. The zero-order valence-corrected chi connectivity index (χ0v) is 12.2. The van der Waals surface area contributed by atoms with Crippen molar-refractivity contribution in [2.75, 3.05) is 5.32 Å². The maximum absolute atomic E-state index is 11.3. The van der Waals surface area contributed by atoms with Crippen molar-refractivity contribution in [1.29, 1.82) is 0 Å². The van der Waals surface area contributed by atoms with Crippen LogP contribution in [0.15, 0.2) is 54.6 Å². The van der Waals surface area contributed by atoms with E-state index in [0.29, 0.717) is 10.8 Å². The third kappa shape index (κ3) is 2.88. The Balaban J connectivity index is 2.28. The van der Waals surface area contributed by atoms with Crippen molar-refractivity contribution in [1.82, 2.24) is 4.98 Å². The number of halogens is 1. The molecule has 0 atom stereocenters. The molecular weight excluding hydrogens is 284 g/mol. The van der Waals surface area contributed by atoms with Crippen LogP contribution in [0.3, 0.4) is 0 Å². The molecule has 0 saturated carbocycles. The largest absolute Gasteiger partial charge is 0.311 e. The second-order valence-corrected chi connectivity index (χ2v) is 5.20. The molecule has 0 aliphatic carbocycles. The number of rotatable bonds is 2. The average molecular weight is 297 g/mol. The molecule has 3 aromatic rings. The third-order valence-corrected chi connectivity index (χ3v) is 3.39. The standard InChI is InChI=1S/C17H13ClN2O/c1-11(21)19-17-10-14(12-5-3-2-4-6-12)15-9-13(18)7-8-16(15)20-17/h2-10H,1H3,(H,19,20,21). The van der Waals surface area contributed by atoms with E-state index in [1.54, 1.807) is 6.07 Å². The second kappa shape index (κ2) is 5.54. The van der Waals surface area contributed by atoms with Gasteiger partial charge in [0.15, 0.2) is 0 Å². The van der Waals surface area contributed by atoms with Crippen molar-refractivity contribution in [3.05, 3.63) is 59.6 Å². The van der Waals surface area contributed by atoms with Crippen molar-refractivity contribution < 1.29 is 4.79 Å². The lowest BCUT2D eigenvalue weighted by Gasteiger charge is -2.10. The number of carbonyl (C=O) groups is 1. The molecule has 4 heteroatoms. The molecule has 1 amide bonds. The van der Waals surface area contributed by atoms with Gasteiger partial charge in [-0.2, -0.15) is 0 Å². The fraction of sp³-hybridized carbons (Fsp3) is 0.0588. The first-order chi connectivity index (χ1) is 10.1. The molecule has 0 bridgehead atoms. The van der Waals surface area contributed by atoms with Crippen LogP contribution in [0.4, 0.5) is 5.82 Å². The molecule has 0 aliphatic heterocycles. The number of carbonyl (C=O) groups excluding carboxylic acids is 1. The second-order valence-electron chi connectivity index (χ2n) is 4.76. The Kier molecular flexibility index (Phi) is 3.59. The predicted octanol–water partition coefficient (Wildman–Crippen LogP) is 4.51. The normalized spacial score (nSPS) is 10.6. The number of fused-ring (bicyclic) bond motifs is 1. The summed E-state index contributed by atoms with van der Waals surface area (Å²) in [5, 5.41) is 4.36. The van der Waals surface area contributed by atoms with E-state index >= 15 is 0 Å². The SMILES string of the molecule is CC(=O)Nc1cc(-c2ccccc2)c2cc(Cl)ccc2n1. The van der Waals surface area contributed by atoms with Gasteiger partial charge in [0.25, 0.3) is 0 Å². The summed E-state index contributed by atoms with van der Waals surface area (Å²) in [6.07, 6.45) is 0. The van der Waals surface area contributed by atoms with Crippen molar-refractivity contribution in [3.63, 3.8) is 0 Å². The van der Waals surface area contributed by atoms with Gasteiger partial charge in [0.1, 0.15) is 5.82 Å². The number of hydrogen-bond acceptors (Lipinski definition) is 2. The van der Waals surface area contributed by atoms with Gasteiger partial charge in [-0.15, -0.1) is 0 Å². The molecule has 0 spiro atoms. The molecule has 0 unspecified atom stereocenters. The van der Waals surface area contributed by atoms with Gasteiger partial charge in [-0.25, -0.2) is 4.98 Å². The number of nitrogens with zero attached hydrogens (tertiary/aromatic N) is 1. The van der Waals surface area contributed by atoms with Crippen LogP contribution in [0.25, 0.3) is 22.0 Å². The molecule has 0 aliphatic rings. The van der Waals surface area contributed by atoms with Crippen molar-refractivity contribution in [3.8, 4) is 11.1 Å². The quantitative estimate of drug-likeness (QED) is 0.756. The van der Waals surface area contributed by atoms with E-state index in [2.05, 4.69) is 10.3 Å². The maximum Gasteiger partial charge on any atom is 0.222 e. The highest BCUT2D eigenvalue weighted by atomic mass is 35.5. The number of aromatic nitrogens is 1. The molecule has 3 nitrogen and oxygen atoms in total. The van der Waals surface area contributed by atoms with E-state index in [1.807, 2.05) is 48.5 Å². The minimum absolute atomic E-state index is 0.144. The number of hydrogen-bond donors (Lipinski definition) is 1. The van der Waals surface area contributed by atoms with E-state index in [1.165, 1.54) is 6.92 Å². The molecular formula is C17H13ClN2O. The van der Waals surface area contributed by atoms with E-state index < -0.39 is 0 Å². The molecule has 0 fully saturated rings. The van der Waals surface area contributed by atoms with Crippen LogP contribution in [0.5, 0.6) is 0 Å². The van der Waals surface area contributed by atoms with E-state index in [9.17, 15) is 4.79 Å². The van der Waals surface area contributed by atoms with Crippen LogP contribution in [0.2, 0.25) is 5.02 Å². The predicted molar refractivity (Wildman–Crippen MR) is 86.5 cm³/mol. The lowest BCUT2D eigenvalue weighted by molar-refractivity contribution is -0.114. The van der Waals surface area contributed by atoms with Crippen molar-refractivity contribution >= 4 is 34.2 Å². The topological polar surface area (TPSA) is 42.0 Å². The zero-order valence-electron chi connectivity index (χ0n) is 11.4. The number of benzene rings is 2.